The second-order valence-electron chi connectivity index (χ2n) is 5.18. The average molecular weight is 286 g/mol. The van der Waals surface area contributed by atoms with Gasteiger partial charge < -0.3 is 20.4 Å². The molecule has 0 atom stereocenters. The van der Waals surface area contributed by atoms with Crippen LogP contribution in [0.2, 0.25) is 0 Å². The quantitative estimate of drug-likeness (QED) is 0.393. The van der Waals surface area contributed by atoms with E-state index in [1.807, 2.05) is 24.3 Å². The molecule has 21 heavy (non-hydrogen) atoms. The number of aromatic hydroxyl groups is 4. The van der Waals surface area contributed by atoms with Gasteiger partial charge in [-0.05, 0) is 23.1 Å². The van der Waals surface area contributed by atoms with Gasteiger partial charge in [0.1, 0.15) is 0 Å². The highest BCUT2D eigenvalue weighted by Crippen LogP contribution is 2.42. The topological polar surface area (TPSA) is 80.9 Å². The molecule has 0 saturated heterocycles. The van der Waals surface area contributed by atoms with Crippen molar-refractivity contribution in [2.45, 2.75) is 19.8 Å². The fraction of sp³-hybridized carbons (Fsp3) is 0.176. The second kappa shape index (κ2) is 5.79. The highest BCUT2D eigenvalue weighted by molar-refractivity contribution is 5.79. The first-order chi connectivity index (χ1) is 9.90. The van der Waals surface area contributed by atoms with E-state index >= 15 is 0 Å². The molecule has 2 aromatic carbocycles. The molecule has 0 spiro atoms. The zero-order valence-corrected chi connectivity index (χ0v) is 11.9. The van der Waals surface area contributed by atoms with Crippen LogP contribution < -0.4 is 0 Å². The van der Waals surface area contributed by atoms with E-state index in [0.29, 0.717) is 5.92 Å². The van der Waals surface area contributed by atoms with Crippen molar-refractivity contribution < 1.29 is 20.4 Å². The van der Waals surface area contributed by atoms with Crippen LogP contribution in [0.3, 0.4) is 0 Å². The van der Waals surface area contributed by atoms with Crippen molar-refractivity contribution in [3.63, 3.8) is 0 Å². The van der Waals surface area contributed by atoms with Gasteiger partial charge in [0.15, 0.2) is 23.0 Å². The molecular weight excluding hydrogens is 268 g/mol. The van der Waals surface area contributed by atoms with Gasteiger partial charge >= 0.3 is 0 Å². The van der Waals surface area contributed by atoms with Crippen LogP contribution in [0.4, 0.5) is 0 Å². The molecule has 4 N–H and O–H groups in total. The minimum Gasteiger partial charge on any atom is -0.504 e. The Hall–Kier alpha value is -2.62. The van der Waals surface area contributed by atoms with E-state index in [1.165, 1.54) is 11.6 Å². The number of phenolic OH excluding ortho intramolecular Hbond substituents is 4. The lowest BCUT2D eigenvalue weighted by atomic mass is 10.0. The summed E-state index contributed by atoms with van der Waals surface area (Å²) in [6.07, 6.45) is 3.12. The Kier molecular flexibility index (Phi) is 4.08. The number of rotatable bonds is 3. The van der Waals surface area contributed by atoms with Crippen LogP contribution in [-0.2, 0) is 0 Å². The third-order valence-electron chi connectivity index (χ3n) is 3.31. The van der Waals surface area contributed by atoms with Crippen LogP contribution in [0.5, 0.6) is 23.0 Å². The molecule has 0 saturated carbocycles. The smallest absolute Gasteiger partial charge is 0.168 e. The average Bonchev–Trinajstić information content (AvgIpc) is 2.45. The van der Waals surface area contributed by atoms with Gasteiger partial charge in [-0.1, -0.05) is 44.2 Å². The van der Waals surface area contributed by atoms with Crippen molar-refractivity contribution in [2.75, 3.05) is 0 Å². The number of hydrogen-bond donors (Lipinski definition) is 4. The first-order valence-electron chi connectivity index (χ1n) is 6.65. The molecule has 0 amide bonds. The summed E-state index contributed by atoms with van der Waals surface area (Å²) >= 11 is 0. The van der Waals surface area contributed by atoms with Crippen molar-refractivity contribution in [2.24, 2.45) is 0 Å². The number of hydrogen-bond acceptors (Lipinski definition) is 4. The maximum atomic E-state index is 9.73. The van der Waals surface area contributed by atoms with Gasteiger partial charge in [0.25, 0.3) is 0 Å². The minimum absolute atomic E-state index is 0.0274. The summed E-state index contributed by atoms with van der Waals surface area (Å²) in [4.78, 5) is 0. The Labute approximate surface area is 123 Å². The summed E-state index contributed by atoms with van der Waals surface area (Å²) in [6.45, 7) is 4.22. The summed E-state index contributed by atoms with van der Waals surface area (Å²) in [6, 6.07) is 8.73. The van der Waals surface area contributed by atoms with Crippen LogP contribution >= 0.6 is 0 Å². The summed E-state index contributed by atoms with van der Waals surface area (Å²) in [5.74, 6) is -1.47. The second-order valence-corrected chi connectivity index (χ2v) is 5.18. The third kappa shape index (κ3) is 3.11. The monoisotopic (exact) mass is 286 g/mol. The summed E-state index contributed by atoms with van der Waals surface area (Å²) < 4.78 is 0. The molecule has 2 aromatic rings. The molecule has 0 aliphatic carbocycles. The normalized spacial score (nSPS) is 11.4. The lowest BCUT2D eigenvalue weighted by molar-refractivity contribution is 0.371. The lowest BCUT2D eigenvalue weighted by Gasteiger charge is -2.07. The summed E-state index contributed by atoms with van der Waals surface area (Å²) in [5.41, 5.74) is 2.06. The molecule has 0 aliphatic heterocycles. The van der Waals surface area contributed by atoms with Crippen molar-refractivity contribution >= 4 is 12.2 Å². The van der Waals surface area contributed by atoms with Crippen LogP contribution in [0.1, 0.15) is 36.5 Å². The highest BCUT2D eigenvalue weighted by atomic mass is 16.3. The van der Waals surface area contributed by atoms with Gasteiger partial charge in [0.05, 0.1) is 5.56 Å². The van der Waals surface area contributed by atoms with Crippen LogP contribution in [0.25, 0.3) is 12.2 Å². The van der Waals surface area contributed by atoms with E-state index in [0.717, 1.165) is 11.6 Å². The maximum absolute atomic E-state index is 9.73. The van der Waals surface area contributed by atoms with Crippen LogP contribution in [0.15, 0.2) is 30.3 Å². The predicted molar refractivity (Wildman–Crippen MR) is 82.6 cm³/mol. The zero-order valence-electron chi connectivity index (χ0n) is 11.9. The molecule has 0 heterocycles. The van der Waals surface area contributed by atoms with Gasteiger partial charge in [-0.25, -0.2) is 0 Å². The van der Waals surface area contributed by atoms with Crippen molar-refractivity contribution in [3.8, 4) is 23.0 Å². The molecule has 0 bridgehead atoms. The van der Waals surface area contributed by atoms with E-state index in [2.05, 4.69) is 13.8 Å². The lowest BCUT2D eigenvalue weighted by Crippen LogP contribution is -1.86. The standard InChI is InChI=1S/C17H18O4/c1-10(2)12-6-3-11(4-7-12)5-8-13-16(20)14(18)9-15(19)17(13)21/h3-10,18-21H,1-2H3. The third-order valence-corrected chi connectivity index (χ3v) is 3.31. The molecule has 0 aliphatic rings. The first-order valence-corrected chi connectivity index (χ1v) is 6.65. The Balaban J connectivity index is 2.33. The molecule has 4 heteroatoms. The highest BCUT2D eigenvalue weighted by Gasteiger charge is 2.14. The van der Waals surface area contributed by atoms with Gasteiger partial charge in [0.2, 0.25) is 0 Å². The fourth-order valence-electron chi connectivity index (χ4n) is 1.98. The molecule has 0 fully saturated rings. The number of phenols is 4. The van der Waals surface area contributed by atoms with Gasteiger partial charge in [-0.2, -0.15) is 0 Å². The number of benzene rings is 2. The van der Waals surface area contributed by atoms with Crippen molar-refractivity contribution in [1.82, 2.24) is 0 Å². The van der Waals surface area contributed by atoms with Gasteiger partial charge in [-0.15, -0.1) is 0 Å². The summed E-state index contributed by atoms with van der Waals surface area (Å²) in [7, 11) is 0. The van der Waals surface area contributed by atoms with Crippen molar-refractivity contribution in [3.05, 3.63) is 47.0 Å². The molecular formula is C17H18O4. The molecule has 0 radical (unpaired) electrons. The van der Waals surface area contributed by atoms with E-state index < -0.39 is 23.0 Å². The van der Waals surface area contributed by atoms with Crippen LogP contribution in [0, 0.1) is 0 Å². The Morgan fingerprint density at radius 2 is 1.33 bits per heavy atom. The van der Waals surface area contributed by atoms with Gasteiger partial charge in [-0.3, -0.25) is 0 Å². The maximum Gasteiger partial charge on any atom is 0.168 e. The fourth-order valence-corrected chi connectivity index (χ4v) is 1.98. The van der Waals surface area contributed by atoms with Crippen molar-refractivity contribution in [1.29, 1.82) is 0 Å². The molecule has 0 aromatic heterocycles. The Morgan fingerprint density at radius 3 is 1.81 bits per heavy atom. The molecule has 0 unspecified atom stereocenters. The predicted octanol–water partition coefficient (Wildman–Crippen LogP) is 3.80. The van der Waals surface area contributed by atoms with E-state index in [-0.39, 0.29) is 5.56 Å². The van der Waals surface area contributed by atoms with Crippen LogP contribution in [-0.4, -0.2) is 20.4 Å². The molecule has 110 valence electrons. The molecule has 2 rings (SSSR count). The first kappa shape index (κ1) is 14.8. The van der Waals surface area contributed by atoms with E-state index in [1.54, 1.807) is 6.08 Å². The van der Waals surface area contributed by atoms with E-state index in [9.17, 15) is 20.4 Å². The summed E-state index contributed by atoms with van der Waals surface area (Å²) in [5, 5.41) is 38.3. The SMILES string of the molecule is CC(C)c1ccc(C=Cc2c(O)c(O)cc(O)c2O)cc1. The zero-order chi connectivity index (χ0) is 15.6. The van der Waals surface area contributed by atoms with Gasteiger partial charge in [0, 0.05) is 6.07 Å². The molecule has 4 nitrogen and oxygen atoms in total. The minimum atomic E-state index is -0.486. The van der Waals surface area contributed by atoms with E-state index in [4.69, 9.17) is 0 Å². The largest absolute Gasteiger partial charge is 0.504 e. The Morgan fingerprint density at radius 1 is 0.810 bits per heavy atom. The Bertz CT molecular complexity index is 644.